The van der Waals surface area contributed by atoms with E-state index >= 15 is 0 Å². The molecule has 1 atom stereocenters. The van der Waals surface area contributed by atoms with E-state index in [1.54, 1.807) is 6.07 Å². The predicted molar refractivity (Wildman–Crippen MR) is 75.9 cm³/mol. The lowest BCUT2D eigenvalue weighted by Gasteiger charge is -2.09. The summed E-state index contributed by atoms with van der Waals surface area (Å²) in [6, 6.07) is 4.84. The van der Waals surface area contributed by atoms with Crippen molar-refractivity contribution < 1.29 is 8.91 Å². The zero-order valence-electron chi connectivity index (χ0n) is 12.1. The average molecular weight is 277 g/mol. The third-order valence-electron chi connectivity index (χ3n) is 3.12. The summed E-state index contributed by atoms with van der Waals surface area (Å²) in [6.07, 6.45) is 1.78. The molecule has 1 aromatic heterocycles. The Morgan fingerprint density at radius 2 is 2.20 bits per heavy atom. The third-order valence-corrected chi connectivity index (χ3v) is 3.12. The van der Waals surface area contributed by atoms with Crippen LogP contribution in [0.3, 0.4) is 0 Å². The van der Waals surface area contributed by atoms with Gasteiger partial charge in [0.15, 0.2) is 0 Å². The Bertz CT molecular complexity index is 568. The second-order valence-electron chi connectivity index (χ2n) is 5.03. The standard InChI is InChI=1S/C15H20FN3O/c1-4-7-17-11(3)9-14-18-15(19-20-14)13-6-5-12(16)8-10(13)2/h5-6,8,11,17H,4,7,9H2,1-3H3. The van der Waals surface area contributed by atoms with Gasteiger partial charge in [-0.05, 0) is 50.6 Å². The lowest BCUT2D eigenvalue weighted by molar-refractivity contribution is 0.362. The molecule has 2 aromatic rings. The molecule has 0 radical (unpaired) electrons. The van der Waals surface area contributed by atoms with Gasteiger partial charge in [-0.2, -0.15) is 4.98 Å². The first-order valence-corrected chi connectivity index (χ1v) is 6.92. The van der Waals surface area contributed by atoms with E-state index in [2.05, 4.69) is 29.3 Å². The maximum atomic E-state index is 13.1. The first-order chi connectivity index (χ1) is 9.60. The average Bonchev–Trinajstić information content (AvgIpc) is 2.84. The third kappa shape index (κ3) is 3.63. The molecular formula is C15H20FN3O. The lowest BCUT2D eigenvalue weighted by atomic mass is 10.1. The Labute approximate surface area is 118 Å². The number of aromatic nitrogens is 2. The first kappa shape index (κ1) is 14.7. The minimum Gasteiger partial charge on any atom is -0.339 e. The van der Waals surface area contributed by atoms with Crippen LogP contribution < -0.4 is 5.32 Å². The molecular weight excluding hydrogens is 257 g/mol. The molecule has 0 amide bonds. The number of halogens is 1. The van der Waals surface area contributed by atoms with Crippen LogP contribution in [0.25, 0.3) is 11.4 Å². The van der Waals surface area contributed by atoms with Crippen molar-refractivity contribution in [1.82, 2.24) is 15.5 Å². The molecule has 0 aliphatic rings. The molecule has 4 nitrogen and oxygen atoms in total. The number of rotatable bonds is 6. The van der Waals surface area contributed by atoms with Gasteiger partial charge in [0.05, 0.1) is 0 Å². The molecule has 0 saturated carbocycles. The second kappa shape index (κ2) is 6.61. The van der Waals surface area contributed by atoms with Crippen molar-refractivity contribution in [2.45, 2.75) is 39.7 Å². The zero-order valence-corrected chi connectivity index (χ0v) is 12.1. The van der Waals surface area contributed by atoms with Crippen LogP contribution in [0, 0.1) is 12.7 Å². The van der Waals surface area contributed by atoms with Gasteiger partial charge in [-0.1, -0.05) is 12.1 Å². The molecule has 1 unspecified atom stereocenters. The molecule has 1 heterocycles. The smallest absolute Gasteiger partial charge is 0.228 e. The van der Waals surface area contributed by atoms with E-state index in [-0.39, 0.29) is 11.9 Å². The molecule has 2 rings (SSSR count). The Kier molecular flexibility index (Phi) is 4.84. The largest absolute Gasteiger partial charge is 0.339 e. The summed E-state index contributed by atoms with van der Waals surface area (Å²) in [7, 11) is 0. The highest BCUT2D eigenvalue weighted by Gasteiger charge is 2.13. The summed E-state index contributed by atoms with van der Waals surface area (Å²) in [5.41, 5.74) is 1.60. The van der Waals surface area contributed by atoms with Gasteiger partial charge in [-0.25, -0.2) is 4.39 Å². The summed E-state index contributed by atoms with van der Waals surface area (Å²) in [4.78, 5) is 4.38. The topological polar surface area (TPSA) is 51.0 Å². The predicted octanol–water partition coefficient (Wildman–Crippen LogP) is 3.11. The van der Waals surface area contributed by atoms with Crippen LogP contribution in [-0.4, -0.2) is 22.7 Å². The molecule has 0 bridgehead atoms. The maximum absolute atomic E-state index is 13.1. The van der Waals surface area contributed by atoms with Crippen LogP contribution in [0.2, 0.25) is 0 Å². The van der Waals surface area contributed by atoms with Crippen molar-refractivity contribution in [3.63, 3.8) is 0 Å². The van der Waals surface area contributed by atoms with Crippen molar-refractivity contribution in [3.8, 4) is 11.4 Å². The van der Waals surface area contributed by atoms with Gasteiger partial charge in [-0.3, -0.25) is 0 Å². The Hall–Kier alpha value is -1.75. The summed E-state index contributed by atoms with van der Waals surface area (Å²) >= 11 is 0. The molecule has 20 heavy (non-hydrogen) atoms. The fourth-order valence-corrected chi connectivity index (χ4v) is 2.05. The van der Waals surface area contributed by atoms with Crippen molar-refractivity contribution in [2.75, 3.05) is 6.54 Å². The highest BCUT2D eigenvalue weighted by atomic mass is 19.1. The number of nitrogens with one attached hydrogen (secondary N) is 1. The van der Waals surface area contributed by atoms with E-state index in [0.29, 0.717) is 18.1 Å². The SMILES string of the molecule is CCCNC(C)Cc1nc(-c2ccc(F)cc2C)no1. The van der Waals surface area contributed by atoms with Crippen LogP contribution in [-0.2, 0) is 6.42 Å². The minimum atomic E-state index is -0.257. The van der Waals surface area contributed by atoms with Crippen molar-refractivity contribution in [3.05, 3.63) is 35.5 Å². The summed E-state index contributed by atoms with van der Waals surface area (Å²) in [5.74, 6) is 0.854. The van der Waals surface area contributed by atoms with Gasteiger partial charge in [0.1, 0.15) is 5.82 Å². The molecule has 108 valence electrons. The van der Waals surface area contributed by atoms with E-state index in [0.717, 1.165) is 24.1 Å². The number of aryl methyl sites for hydroxylation is 1. The molecule has 1 N–H and O–H groups in total. The minimum absolute atomic E-state index is 0.257. The van der Waals surface area contributed by atoms with Crippen LogP contribution in [0.4, 0.5) is 4.39 Å². The van der Waals surface area contributed by atoms with Gasteiger partial charge in [-0.15, -0.1) is 0 Å². The Morgan fingerprint density at radius 3 is 2.90 bits per heavy atom. The molecule has 1 aromatic carbocycles. The first-order valence-electron chi connectivity index (χ1n) is 6.92. The van der Waals surface area contributed by atoms with E-state index in [1.807, 2.05) is 6.92 Å². The summed E-state index contributed by atoms with van der Waals surface area (Å²) < 4.78 is 18.3. The molecule has 0 fully saturated rings. The van der Waals surface area contributed by atoms with E-state index < -0.39 is 0 Å². The van der Waals surface area contributed by atoms with E-state index in [9.17, 15) is 4.39 Å². The Balaban J connectivity index is 2.08. The van der Waals surface area contributed by atoms with Crippen molar-refractivity contribution in [1.29, 1.82) is 0 Å². The highest BCUT2D eigenvalue weighted by Crippen LogP contribution is 2.21. The Morgan fingerprint density at radius 1 is 1.40 bits per heavy atom. The van der Waals surface area contributed by atoms with Gasteiger partial charge in [0, 0.05) is 18.0 Å². The van der Waals surface area contributed by atoms with Gasteiger partial charge in [0.25, 0.3) is 0 Å². The van der Waals surface area contributed by atoms with Crippen LogP contribution in [0.15, 0.2) is 22.7 Å². The second-order valence-corrected chi connectivity index (χ2v) is 5.03. The number of hydrogen-bond donors (Lipinski definition) is 1. The van der Waals surface area contributed by atoms with Crippen LogP contribution >= 0.6 is 0 Å². The molecule has 0 aliphatic heterocycles. The summed E-state index contributed by atoms with van der Waals surface area (Å²) in [6.45, 7) is 7.02. The monoisotopic (exact) mass is 277 g/mol. The fourth-order valence-electron chi connectivity index (χ4n) is 2.05. The summed E-state index contributed by atoms with van der Waals surface area (Å²) in [5, 5.41) is 7.35. The molecule has 0 spiro atoms. The molecule has 5 heteroatoms. The van der Waals surface area contributed by atoms with Crippen molar-refractivity contribution >= 4 is 0 Å². The maximum Gasteiger partial charge on any atom is 0.228 e. The van der Waals surface area contributed by atoms with Crippen molar-refractivity contribution in [2.24, 2.45) is 0 Å². The van der Waals surface area contributed by atoms with E-state index in [1.165, 1.54) is 12.1 Å². The number of hydrogen-bond acceptors (Lipinski definition) is 4. The zero-order chi connectivity index (χ0) is 14.5. The van der Waals surface area contributed by atoms with Gasteiger partial charge >= 0.3 is 0 Å². The fraction of sp³-hybridized carbons (Fsp3) is 0.467. The highest BCUT2D eigenvalue weighted by molar-refractivity contribution is 5.59. The normalized spacial score (nSPS) is 12.6. The number of nitrogens with zero attached hydrogens (tertiary/aromatic N) is 2. The van der Waals surface area contributed by atoms with Gasteiger partial charge < -0.3 is 9.84 Å². The van der Waals surface area contributed by atoms with Crippen LogP contribution in [0.1, 0.15) is 31.7 Å². The lowest BCUT2D eigenvalue weighted by Crippen LogP contribution is -2.28. The molecule has 0 saturated heterocycles. The quantitative estimate of drug-likeness (QED) is 0.881. The molecule has 0 aliphatic carbocycles. The number of benzene rings is 1. The van der Waals surface area contributed by atoms with Gasteiger partial charge in [0.2, 0.25) is 11.7 Å². The van der Waals surface area contributed by atoms with E-state index in [4.69, 9.17) is 4.52 Å². The van der Waals surface area contributed by atoms with Crippen LogP contribution in [0.5, 0.6) is 0 Å².